The first-order valence-corrected chi connectivity index (χ1v) is 21.5. The molecule has 11 aromatic rings. The lowest BCUT2D eigenvalue weighted by molar-refractivity contribution is 0.707. The summed E-state index contributed by atoms with van der Waals surface area (Å²) in [6.45, 7) is 0. The maximum absolute atomic E-state index is 2.51. The van der Waals surface area contributed by atoms with E-state index in [1.807, 2.05) is 11.8 Å². The number of nitrogens with zero attached hydrogens (tertiary/aromatic N) is 2. The summed E-state index contributed by atoms with van der Waals surface area (Å²) in [5.74, 6) is 0. The Kier molecular flexibility index (Phi) is 7.19. The van der Waals surface area contributed by atoms with E-state index in [2.05, 4.69) is 228 Å². The highest BCUT2D eigenvalue weighted by molar-refractivity contribution is 7.99. The number of hydrogen-bond acceptors (Lipinski definition) is 2. The van der Waals surface area contributed by atoms with Crippen LogP contribution in [-0.2, 0) is 5.41 Å². The first-order valence-electron chi connectivity index (χ1n) is 20.7. The quantitative estimate of drug-likeness (QED) is 0.176. The molecule has 1 atom stereocenters. The molecule has 2 heterocycles. The first-order chi connectivity index (χ1) is 29.8. The average molecular weight is 781 g/mol. The zero-order chi connectivity index (χ0) is 39.4. The van der Waals surface area contributed by atoms with Gasteiger partial charge in [-0.15, -0.1) is 0 Å². The highest BCUT2D eigenvalue weighted by Crippen LogP contribution is 2.62. The van der Waals surface area contributed by atoms with Crippen molar-refractivity contribution in [1.82, 2.24) is 4.57 Å². The molecular weight excluding hydrogens is 745 g/mol. The van der Waals surface area contributed by atoms with Gasteiger partial charge in [0.1, 0.15) is 0 Å². The molecule has 280 valence electrons. The second-order valence-corrected chi connectivity index (χ2v) is 17.1. The molecule has 1 aliphatic carbocycles. The molecule has 0 amide bonds. The molecule has 0 saturated carbocycles. The standard InChI is InChI=1S/C57H36N2S/c1-2-19-39(20-3-1)59-52-28-10-7-23-44(52)46-35-40(31-33-53(46)59)58(51-29-14-16-37-15-4-5-21-42(37)51)41-32-34-55-50(36-41)57(48-26-9-11-30-54(48)60-55)47-25-8-6-22-43(47)45-24-12-17-38-18-13-27-49(57)56(38)45/h1-36H. The van der Waals surface area contributed by atoms with E-state index in [1.165, 1.54) is 86.5 Å². The Bertz CT molecular complexity index is 3540. The molecule has 1 spiro atoms. The maximum Gasteiger partial charge on any atom is 0.0736 e. The predicted octanol–water partition coefficient (Wildman–Crippen LogP) is 15.4. The van der Waals surface area contributed by atoms with Gasteiger partial charge in [0.05, 0.1) is 22.1 Å². The summed E-state index contributed by atoms with van der Waals surface area (Å²) in [7, 11) is 0. The number of para-hydroxylation sites is 2. The summed E-state index contributed by atoms with van der Waals surface area (Å²) in [6, 6.07) is 81.3. The molecule has 0 N–H and O–H groups in total. The summed E-state index contributed by atoms with van der Waals surface area (Å²) < 4.78 is 2.40. The van der Waals surface area contributed by atoms with Crippen LogP contribution in [0.25, 0.3) is 60.2 Å². The minimum absolute atomic E-state index is 0.546. The number of anilines is 3. The van der Waals surface area contributed by atoms with Crippen molar-refractivity contribution in [2.24, 2.45) is 0 Å². The van der Waals surface area contributed by atoms with Gasteiger partial charge in [-0.3, -0.25) is 0 Å². The molecule has 0 saturated heterocycles. The molecule has 0 fully saturated rings. The first kappa shape index (κ1) is 33.6. The number of benzene rings is 10. The summed E-state index contributed by atoms with van der Waals surface area (Å²) in [4.78, 5) is 5.08. The third-order valence-electron chi connectivity index (χ3n) is 13.0. The van der Waals surface area contributed by atoms with Gasteiger partial charge in [-0.05, 0) is 116 Å². The van der Waals surface area contributed by atoms with Gasteiger partial charge in [-0.2, -0.15) is 0 Å². The normalized spacial score (nSPS) is 15.0. The van der Waals surface area contributed by atoms with Crippen molar-refractivity contribution >= 4 is 72.2 Å². The Balaban J connectivity index is 1.12. The average Bonchev–Trinajstić information content (AvgIpc) is 3.64. The number of hydrogen-bond donors (Lipinski definition) is 0. The number of aromatic nitrogens is 1. The van der Waals surface area contributed by atoms with Crippen LogP contribution in [0.4, 0.5) is 17.1 Å². The smallest absolute Gasteiger partial charge is 0.0736 e. The van der Waals surface area contributed by atoms with Crippen LogP contribution in [0.5, 0.6) is 0 Å². The van der Waals surface area contributed by atoms with Crippen molar-refractivity contribution in [2.75, 3.05) is 4.90 Å². The van der Waals surface area contributed by atoms with E-state index >= 15 is 0 Å². The second kappa shape index (κ2) is 12.8. The minimum Gasteiger partial charge on any atom is -0.310 e. The van der Waals surface area contributed by atoms with E-state index < -0.39 is 5.41 Å². The van der Waals surface area contributed by atoms with Gasteiger partial charge in [0.25, 0.3) is 0 Å². The highest BCUT2D eigenvalue weighted by atomic mass is 32.2. The third-order valence-corrected chi connectivity index (χ3v) is 14.2. The second-order valence-electron chi connectivity index (χ2n) is 16.0. The molecule has 60 heavy (non-hydrogen) atoms. The maximum atomic E-state index is 2.51. The Morgan fingerprint density at radius 3 is 1.92 bits per heavy atom. The fourth-order valence-electron chi connectivity index (χ4n) is 10.6. The van der Waals surface area contributed by atoms with Crippen LogP contribution in [0.15, 0.2) is 228 Å². The molecule has 0 radical (unpaired) electrons. The van der Waals surface area contributed by atoms with Crippen molar-refractivity contribution in [3.05, 3.63) is 241 Å². The van der Waals surface area contributed by atoms with E-state index in [1.54, 1.807) is 0 Å². The van der Waals surface area contributed by atoms with Crippen molar-refractivity contribution in [2.45, 2.75) is 15.2 Å². The Hall–Kier alpha value is -7.33. The predicted molar refractivity (Wildman–Crippen MR) is 252 cm³/mol. The van der Waals surface area contributed by atoms with Crippen molar-refractivity contribution in [3.63, 3.8) is 0 Å². The van der Waals surface area contributed by atoms with Crippen LogP contribution in [0.1, 0.15) is 22.3 Å². The van der Waals surface area contributed by atoms with Gasteiger partial charge in [0, 0.05) is 43.0 Å². The van der Waals surface area contributed by atoms with Gasteiger partial charge in [-0.25, -0.2) is 0 Å². The van der Waals surface area contributed by atoms with E-state index in [0.717, 1.165) is 22.7 Å². The Morgan fingerprint density at radius 1 is 0.383 bits per heavy atom. The van der Waals surface area contributed by atoms with E-state index in [4.69, 9.17) is 0 Å². The lowest BCUT2D eigenvalue weighted by Crippen LogP contribution is -2.36. The van der Waals surface area contributed by atoms with Gasteiger partial charge in [-0.1, -0.05) is 163 Å². The molecule has 0 bridgehead atoms. The molecule has 1 aliphatic heterocycles. The summed E-state index contributed by atoms with van der Waals surface area (Å²) >= 11 is 1.89. The van der Waals surface area contributed by atoms with Crippen LogP contribution in [0.2, 0.25) is 0 Å². The fourth-order valence-corrected chi connectivity index (χ4v) is 11.8. The van der Waals surface area contributed by atoms with Crippen molar-refractivity contribution in [1.29, 1.82) is 0 Å². The van der Waals surface area contributed by atoms with Crippen LogP contribution < -0.4 is 4.90 Å². The zero-order valence-corrected chi connectivity index (χ0v) is 33.4. The lowest BCUT2D eigenvalue weighted by atomic mass is 9.59. The van der Waals surface area contributed by atoms with Crippen LogP contribution >= 0.6 is 11.8 Å². The topological polar surface area (TPSA) is 8.17 Å². The largest absolute Gasteiger partial charge is 0.310 e. The zero-order valence-electron chi connectivity index (χ0n) is 32.6. The lowest BCUT2D eigenvalue weighted by Gasteiger charge is -2.46. The van der Waals surface area contributed by atoms with Crippen molar-refractivity contribution in [3.8, 4) is 16.8 Å². The van der Waals surface area contributed by atoms with Crippen LogP contribution in [0, 0.1) is 0 Å². The molecule has 10 aromatic carbocycles. The SMILES string of the molecule is c1ccc(-n2c3ccccc3c3cc(N(c4ccc5c(c4)C4(c6ccccc6S5)c5ccccc5-c5cccc6cccc4c56)c4cccc5ccccc45)ccc32)cc1. The van der Waals surface area contributed by atoms with Crippen molar-refractivity contribution < 1.29 is 0 Å². The Labute approximate surface area is 352 Å². The monoisotopic (exact) mass is 780 g/mol. The van der Waals surface area contributed by atoms with E-state index in [9.17, 15) is 0 Å². The molecule has 2 nitrogen and oxygen atoms in total. The van der Waals surface area contributed by atoms with Gasteiger partial charge < -0.3 is 9.47 Å². The van der Waals surface area contributed by atoms with Gasteiger partial charge in [0.2, 0.25) is 0 Å². The summed E-state index contributed by atoms with van der Waals surface area (Å²) in [6.07, 6.45) is 0. The summed E-state index contributed by atoms with van der Waals surface area (Å²) in [5, 5.41) is 7.49. The van der Waals surface area contributed by atoms with E-state index in [-0.39, 0.29) is 0 Å². The van der Waals surface area contributed by atoms with Gasteiger partial charge in [0.15, 0.2) is 0 Å². The number of fused-ring (bicyclic) bond motifs is 12. The third kappa shape index (κ3) is 4.61. The molecule has 2 aliphatic rings. The molecule has 13 rings (SSSR count). The molecular formula is C57H36N2S. The van der Waals surface area contributed by atoms with Crippen LogP contribution in [-0.4, -0.2) is 4.57 Å². The summed E-state index contributed by atoms with van der Waals surface area (Å²) in [5.41, 5.74) is 14.3. The fraction of sp³-hybridized carbons (Fsp3) is 0.0175. The Morgan fingerprint density at radius 2 is 1.00 bits per heavy atom. The van der Waals surface area contributed by atoms with Gasteiger partial charge >= 0.3 is 0 Å². The highest BCUT2D eigenvalue weighted by Gasteiger charge is 2.48. The molecule has 1 aromatic heterocycles. The van der Waals surface area contributed by atoms with E-state index in [0.29, 0.717) is 0 Å². The molecule has 3 heteroatoms. The number of rotatable bonds is 4. The minimum atomic E-state index is -0.546. The van der Waals surface area contributed by atoms with Crippen LogP contribution in [0.3, 0.4) is 0 Å². The molecule has 1 unspecified atom stereocenters.